The summed E-state index contributed by atoms with van der Waals surface area (Å²) in [6.45, 7) is 8.11. The number of nitrogens with zero attached hydrogens (tertiary/aromatic N) is 1. The van der Waals surface area contributed by atoms with Gasteiger partial charge in [0.15, 0.2) is 0 Å². The first-order valence-electron chi connectivity index (χ1n) is 6.26. The second-order valence-electron chi connectivity index (χ2n) is 4.81. The number of rotatable bonds is 5. The van der Waals surface area contributed by atoms with Crippen LogP contribution < -0.4 is 5.32 Å². The molecule has 0 aliphatic carbocycles. The number of aromatic nitrogens is 1. The monoisotopic (exact) mass is 234 g/mol. The SMILES string of the molecule is CCCC(C)(CC)C(=O)Nc1ccc(C)nc1. The molecule has 1 unspecified atom stereocenters. The summed E-state index contributed by atoms with van der Waals surface area (Å²) in [5, 5.41) is 2.94. The Balaban J connectivity index is 2.73. The number of amides is 1. The van der Waals surface area contributed by atoms with Crippen LogP contribution in [0.4, 0.5) is 5.69 Å². The second kappa shape index (κ2) is 5.80. The standard InChI is InChI=1S/C14H22N2O/c1-5-9-14(4,6-2)13(17)16-12-8-7-11(3)15-10-12/h7-8,10H,5-6,9H2,1-4H3,(H,16,17). The van der Waals surface area contributed by atoms with Crippen LogP contribution >= 0.6 is 0 Å². The molecule has 3 nitrogen and oxygen atoms in total. The van der Waals surface area contributed by atoms with E-state index in [0.717, 1.165) is 30.6 Å². The fraction of sp³-hybridized carbons (Fsp3) is 0.571. The van der Waals surface area contributed by atoms with E-state index in [-0.39, 0.29) is 11.3 Å². The fourth-order valence-corrected chi connectivity index (χ4v) is 1.83. The van der Waals surface area contributed by atoms with Gasteiger partial charge >= 0.3 is 0 Å². The molecule has 0 spiro atoms. The molecule has 0 saturated carbocycles. The molecule has 0 saturated heterocycles. The van der Waals surface area contributed by atoms with E-state index >= 15 is 0 Å². The van der Waals surface area contributed by atoms with Crippen molar-refractivity contribution in [2.75, 3.05) is 5.32 Å². The average Bonchev–Trinajstić information content (AvgIpc) is 2.32. The van der Waals surface area contributed by atoms with Crippen LogP contribution in [-0.4, -0.2) is 10.9 Å². The summed E-state index contributed by atoms with van der Waals surface area (Å²) in [6.07, 6.45) is 4.49. The maximum atomic E-state index is 12.2. The van der Waals surface area contributed by atoms with Crippen LogP contribution in [0.2, 0.25) is 0 Å². The van der Waals surface area contributed by atoms with Gasteiger partial charge in [0, 0.05) is 11.1 Å². The number of hydrogen-bond donors (Lipinski definition) is 1. The van der Waals surface area contributed by atoms with E-state index in [9.17, 15) is 4.79 Å². The first-order chi connectivity index (χ1) is 8.01. The Hall–Kier alpha value is -1.38. The van der Waals surface area contributed by atoms with E-state index in [1.165, 1.54) is 0 Å². The quantitative estimate of drug-likeness (QED) is 0.846. The second-order valence-corrected chi connectivity index (χ2v) is 4.81. The molecule has 3 heteroatoms. The molecule has 1 aromatic rings. The summed E-state index contributed by atoms with van der Waals surface area (Å²) in [5.41, 5.74) is 1.45. The van der Waals surface area contributed by atoms with Gasteiger partial charge in [0.05, 0.1) is 11.9 Å². The van der Waals surface area contributed by atoms with Gasteiger partial charge in [0.2, 0.25) is 5.91 Å². The van der Waals surface area contributed by atoms with E-state index in [1.807, 2.05) is 26.0 Å². The molecule has 0 aliphatic heterocycles. The van der Waals surface area contributed by atoms with E-state index < -0.39 is 0 Å². The van der Waals surface area contributed by atoms with Crippen molar-refractivity contribution in [3.63, 3.8) is 0 Å². The largest absolute Gasteiger partial charge is 0.324 e. The zero-order chi connectivity index (χ0) is 12.9. The third-order valence-electron chi connectivity index (χ3n) is 3.30. The van der Waals surface area contributed by atoms with Gasteiger partial charge in [-0.15, -0.1) is 0 Å². The van der Waals surface area contributed by atoms with E-state index in [0.29, 0.717) is 0 Å². The van der Waals surface area contributed by atoms with E-state index in [2.05, 4.69) is 24.1 Å². The summed E-state index contributed by atoms with van der Waals surface area (Å²) in [5.74, 6) is 0.0903. The van der Waals surface area contributed by atoms with Gasteiger partial charge in [-0.25, -0.2) is 0 Å². The van der Waals surface area contributed by atoms with Gasteiger partial charge in [-0.05, 0) is 31.9 Å². The summed E-state index contributed by atoms with van der Waals surface area (Å²) < 4.78 is 0. The summed E-state index contributed by atoms with van der Waals surface area (Å²) in [4.78, 5) is 16.4. The van der Waals surface area contributed by atoms with Crippen molar-refractivity contribution < 1.29 is 4.79 Å². The Kier molecular flexibility index (Phi) is 4.67. The van der Waals surface area contributed by atoms with Crippen LogP contribution in [0.15, 0.2) is 18.3 Å². The lowest BCUT2D eigenvalue weighted by molar-refractivity contribution is -0.125. The molecule has 1 rings (SSSR count). The summed E-state index contributed by atoms with van der Waals surface area (Å²) in [7, 11) is 0. The summed E-state index contributed by atoms with van der Waals surface area (Å²) in [6, 6.07) is 3.79. The maximum Gasteiger partial charge on any atom is 0.230 e. The normalized spacial score (nSPS) is 14.1. The van der Waals surface area contributed by atoms with Gasteiger partial charge in [-0.3, -0.25) is 9.78 Å². The highest BCUT2D eigenvalue weighted by atomic mass is 16.2. The highest BCUT2D eigenvalue weighted by Gasteiger charge is 2.30. The maximum absolute atomic E-state index is 12.2. The van der Waals surface area contributed by atoms with Crippen LogP contribution in [0.25, 0.3) is 0 Å². The third kappa shape index (κ3) is 3.55. The third-order valence-corrected chi connectivity index (χ3v) is 3.30. The molecule has 0 bridgehead atoms. The zero-order valence-electron chi connectivity index (χ0n) is 11.2. The van der Waals surface area contributed by atoms with Crippen molar-refractivity contribution in [1.29, 1.82) is 0 Å². The van der Waals surface area contributed by atoms with Crippen molar-refractivity contribution in [1.82, 2.24) is 4.98 Å². The Morgan fingerprint density at radius 2 is 2.12 bits per heavy atom. The molecule has 17 heavy (non-hydrogen) atoms. The highest BCUT2D eigenvalue weighted by molar-refractivity contribution is 5.94. The van der Waals surface area contributed by atoms with Crippen LogP contribution in [-0.2, 0) is 4.79 Å². The smallest absolute Gasteiger partial charge is 0.230 e. The average molecular weight is 234 g/mol. The van der Waals surface area contributed by atoms with E-state index in [4.69, 9.17) is 0 Å². The molecular formula is C14H22N2O. The van der Waals surface area contributed by atoms with Crippen molar-refractivity contribution in [3.8, 4) is 0 Å². The Labute approximate surface area is 104 Å². The zero-order valence-corrected chi connectivity index (χ0v) is 11.2. The van der Waals surface area contributed by atoms with Gasteiger partial charge in [0.1, 0.15) is 0 Å². The molecule has 1 amide bonds. The van der Waals surface area contributed by atoms with Gasteiger partial charge in [-0.1, -0.05) is 27.2 Å². The minimum absolute atomic E-state index is 0.0903. The molecule has 1 aromatic heterocycles. The number of aryl methyl sites for hydroxylation is 1. The molecule has 0 aliphatic rings. The van der Waals surface area contributed by atoms with Crippen molar-refractivity contribution in [2.24, 2.45) is 5.41 Å². The van der Waals surface area contributed by atoms with Crippen LogP contribution in [0, 0.1) is 12.3 Å². The Morgan fingerprint density at radius 3 is 2.59 bits per heavy atom. The predicted molar refractivity (Wildman–Crippen MR) is 70.9 cm³/mol. The molecule has 1 N–H and O–H groups in total. The number of anilines is 1. The molecule has 0 aromatic carbocycles. The van der Waals surface area contributed by atoms with Crippen molar-refractivity contribution >= 4 is 11.6 Å². The van der Waals surface area contributed by atoms with Crippen molar-refractivity contribution in [2.45, 2.75) is 47.0 Å². The number of carbonyl (C=O) groups excluding carboxylic acids is 1. The van der Waals surface area contributed by atoms with Crippen LogP contribution in [0.3, 0.4) is 0 Å². The number of carbonyl (C=O) groups is 1. The molecule has 0 fully saturated rings. The lowest BCUT2D eigenvalue weighted by atomic mass is 9.82. The van der Waals surface area contributed by atoms with Gasteiger partial charge < -0.3 is 5.32 Å². The lowest BCUT2D eigenvalue weighted by Gasteiger charge is -2.26. The summed E-state index contributed by atoms with van der Waals surface area (Å²) >= 11 is 0. The highest BCUT2D eigenvalue weighted by Crippen LogP contribution is 2.28. The molecule has 1 atom stereocenters. The predicted octanol–water partition coefficient (Wildman–Crippen LogP) is 3.54. The molecular weight excluding hydrogens is 212 g/mol. The first-order valence-corrected chi connectivity index (χ1v) is 6.26. The molecule has 94 valence electrons. The Morgan fingerprint density at radius 1 is 1.41 bits per heavy atom. The first kappa shape index (κ1) is 13.7. The van der Waals surface area contributed by atoms with Gasteiger partial charge in [-0.2, -0.15) is 0 Å². The minimum atomic E-state index is -0.278. The Bertz CT molecular complexity index is 372. The molecule has 1 heterocycles. The van der Waals surface area contributed by atoms with Gasteiger partial charge in [0.25, 0.3) is 0 Å². The fourth-order valence-electron chi connectivity index (χ4n) is 1.83. The molecule has 0 radical (unpaired) electrons. The van der Waals surface area contributed by atoms with Crippen molar-refractivity contribution in [3.05, 3.63) is 24.0 Å². The number of hydrogen-bond acceptors (Lipinski definition) is 2. The topological polar surface area (TPSA) is 42.0 Å². The number of nitrogens with one attached hydrogen (secondary N) is 1. The van der Waals surface area contributed by atoms with E-state index in [1.54, 1.807) is 6.20 Å². The number of pyridine rings is 1. The van der Waals surface area contributed by atoms with Crippen LogP contribution in [0.5, 0.6) is 0 Å². The minimum Gasteiger partial charge on any atom is -0.324 e. The lowest BCUT2D eigenvalue weighted by Crippen LogP contribution is -2.32. The van der Waals surface area contributed by atoms with Crippen LogP contribution in [0.1, 0.15) is 45.7 Å².